The van der Waals surface area contributed by atoms with Crippen LogP contribution in [0.2, 0.25) is 10.2 Å². The Bertz CT molecular complexity index is 602. The van der Waals surface area contributed by atoms with Crippen LogP contribution in [0.4, 0.5) is 11.5 Å². The Morgan fingerprint density at radius 3 is 2.44 bits per heavy atom. The minimum Gasteiger partial charge on any atom is -0.338 e. The second-order valence-electron chi connectivity index (χ2n) is 3.79. The van der Waals surface area contributed by atoms with Crippen LogP contribution in [0.3, 0.4) is 0 Å². The SMILES string of the molecule is Cc1nc(Cl)c(Nc2ccc(Cl)c(Br)c2)nc1C. The summed E-state index contributed by atoms with van der Waals surface area (Å²) in [6, 6.07) is 5.49. The zero-order chi connectivity index (χ0) is 13.3. The molecule has 0 saturated carbocycles. The molecule has 1 aromatic heterocycles. The Labute approximate surface area is 124 Å². The van der Waals surface area contributed by atoms with Crippen LogP contribution in [0.15, 0.2) is 22.7 Å². The average Bonchev–Trinajstić information content (AvgIpc) is 2.31. The van der Waals surface area contributed by atoms with Gasteiger partial charge in [0.25, 0.3) is 0 Å². The molecule has 0 aliphatic rings. The number of nitrogens with zero attached hydrogens (tertiary/aromatic N) is 2. The molecule has 0 aliphatic heterocycles. The fourth-order valence-electron chi connectivity index (χ4n) is 1.37. The van der Waals surface area contributed by atoms with E-state index in [4.69, 9.17) is 23.2 Å². The highest BCUT2D eigenvalue weighted by Crippen LogP contribution is 2.28. The molecule has 0 atom stereocenters. The molecule has 3 nitrogen and oxygen atoms in total. The lowest BCUT2D eigenvalue weighted by Gasteiger charge is -2.09. The van der Waals surface area contributed by atoms with Gasteiger partial charge in [0.05, 0.1) is 16.4 Å². The summed E-state index contributed by atoms with van der Waals surface area (Å²) >= 11 is 15.3. The standard InChI is InChI=1S/C12H10BrCl2N3/c1-6-7(2)17-12(11(15)16-6)18-8-3-4-10(14)9(13)5-8/h3-5H,1-2H3,(H,17,18). The van der Waals surface area contributed by atoms with Crippen LogP contribution in [0.1, 0.15) is 11.4 Å². The first-order valence-corrected chi connectivity index (χ1v) is 6.75. The summed E-state index contributed by atoms with van der Waals surface area (Å²) in [5.74, 6) is 0.536. The minimum absolute atomic E-state index is 0.351. The third-order valence-corrected chi connectivity index (χ3v) is 3.92. The van der Waals surface area contributed by atoms with Crippen molar-refractivity contribution in [1.29, 1.82) is 0 Å². The van der Waals surface area contributed by atoms with Gasteiger partial charge >= 0.3 is 0 Å². The maximum absolute atomic E-state index is 6.05. The fourth-order valence-corrected chi connectivity index (χ4v) is 2.08. The second kappa shape index (κ2) is 5.43. The largest absolute Gasteiger partial charge is 0.338 e. The van der Waals surface area contributed by atoms with Gasteiger partial charge < -0.3 is 5.32 Å². The quantitative estimate of drug-likeness (QED) is 0.839. The first kappa shape index (κ1) is 13.6. The number of hydrogen-bond donors (Lipinski definition) is 1. The van der Waals surface area contributed by atoms with Crippen molar-refractivity contribution in [2.45, 2.75) is 13.8 Å². The van der Waals surface area contributed by atoms with Crippen molar-refractivity contribution in [3.05, 3.63) is 44.2 Å². The van der Waals surface area contributed by atoms with E-state index in [9.17, 15) is 0 Å². The number of aryl methyl sites for hydroxylation is 2. The van der Waals surface area contributed by atoms with Gasteiger partial charge in [0.2, 0.25) is 0 Å². The Morgan fingerprint density at radius 2 is 1.78 bits per heavy atom. The number of hydrogen-bond acceptors (Lipinski definition) is 3. The van der Waals surface area contributed by atoms with E-state index < -0.39 is 0 Å². The normalized spacial score (nSPS) is 10.5. The van der Waals surface area contributed by atoms with Gasteiger partial charge in [-0.1, -0.05) is 23.2 Å². The number of nitrogens with one attached hydrogen (secondary N) is 1. The molecule has 0 spiro atoms. The third kappa shape index (κ3) is 2.94. The fraction of sp³-hybridized carbons (Fsp3) is 0.167. The summed E-state index contributed by atoms with van der Waals surface area (Å²) in [5, 5.41) is 4.12. The van der Waals surface area contributed by atoms with Gasteiger partial charge in [-0.2, -0.15) is 0 Å². The van der Waals surface area contributed by atoms with Crippen molar-refractivity contribution in [2.75, 3.05) is 5.32 Å². The lowest BCUT2D eigenvalue weighted by atomic mass is 10.3. The molecule has 1 aromatic carbocycles. The number of halogens is 3. The topological polar surface area (TPSA) is 37.8 Å². The summed E-state index contributed by atoms with van der Waals surface area (Å²) in [7, 11) is 0. The van der Waals surface area contributed by atoms with Gasteiger partial charge in [-0.15, -0.1) is 0 Å². The lowest BCUT2D eigenvalue weighted by Crippen LogP contribution is -2.00. The van der Waals surface area contributed by atoms with E-state index in [1.807, 2.05) is 26.0 Å². The predicted octanol–water partition coefficient (Wildman–Crippen LogP) is 4.91. The Balaban J connectivity index is 2.34. The highest BCUT2D eigenvalue weighted by molar-refractivity contribution is 9.10. The lowest BCUT2D eigenvalue weighted by molar-refractivity contribution is 1.05. The van der Waals surface area contributed by atoms with Crippen molar-refractivity contribution < 1.29 is 0 Å². The maximum atomic E-state index is 6.05. The van der Waals surface area contributed by atoms with Crippen molar-refractivity contribution >= 4 is 50.6 Å². The molecule has 0 unspecified atom stereocenters. The van der Waals surface area contributed by atoms with Crippen LogP contribution >= 0.6 is 39.1 Å². The Hall–Kier alpha value is -0.840. The number of rotatable bonds is 2. The molecular formula is C12H10BrCl2N3. The maximum Gasteiger partial charge on any atom is 0.172 e. The summed E-state index contributed by atoms with van der Waals surface area (Å²) in [5.41, 5.74) is 2.50. The van der Waals surface area contributed by atoms with Gasteiger partial charge in [0.15, 0.2) is 11.0 Å². The smallest absolute Gasteiger partial charge is 0.172 e. The van der Waals surface area contributed by atoms with E-state index in [1.165, 1.54) is 0 Å². The molecule has 18 heavy (non-hydrogen) atoms. The van der Waals surface area contributed by atoms with Crippen LogP contribution in [0, 0.1) is 13.8 Å². The third-order valence-electron chi connectivity index (χ3n) is 2.45. The van der Waals surface area contributed by atoms with Crippen LogP contribution < -0.4 is 5.32 Å². The molecule has 0 fully saturated rings. The molecule has 0 amide bonds. The van der Waals surface area contributed by atoms with Crippen molar-refractivity contribution in [3.63, 3.8) is 0 Å². The summed E-state index contributed by atoms with van der Waals surface area (Å²) in [6.07, 6.45) is 0. The molecule has 6 heteroatoms. The first-order chi connectivity index (χ1) is 8.47. The highest BCUT2D eigenvalue weighted by atomic mass is 79.9. The monoisotopic (exact) mass is 345 g/mol. The molecular weight excluding hydrogens is 337 g/mol. The molecule has 0 aliphatic carbocycles. The van der Waals surface area contributed by atoms with Crippen LogP contribution in [0.25, 0.3) is 0 Å². The van der Waals surface area contributed by atoms with Gasteiger partial charge in [-0.25, -0.2) is 9.97 Å². The zero-order valence-corrected chi connectivity index (χ0v) is 12.9. The molecule has 0 radical (unpaired) electrons. The number of benzene rings is 1. The Morgan fingerprint density at radius 1 is 1.11 bits per heavy atom. The molecule has 1 N–H and O–H groups in total. The highest BCUT2D eigenvalue weighted by Gasteiger charge is 2.08. The molecule has 94 valence electrons. The Kier molecular flexibility index (Phi) is 4.10. The van der Waals surface area contributed by atoms with E-state index >= 15 is 0 Å². The molecule has 1 heterocycles. The zero-order valence-electron chi connectivity index (χ0n) is 9.76. The molecule has 0 saturated heterocycles. The van der Waals surface area contributed by atoms with Crippen molar-refractivity contribution in [1.82, 2.24) is 9.97 Å². The van der Waals surface area contributed by atoms with Gasteiger partial charge in [0, 0.05) is 10.2 Å². The molecule has 2 rings (SSSR count). The first-order valence-electron chi connectivity index (χ1n) is 5.20. The number of anilines is 2. The van der Waals surface area contributed by atoms with Crippen LogP contribution in [-0.2, 0) is 0 Å². The second-order valence-corrected chi connectivity index (χ2v) is 5.41. The average molecular weight is 347 g/mol. The summed E-state index contributed by atoms with van der Waals surface area (Å²) in [6.45, 7) is 3.76. The minimum atomic E-state index is 0.351. The molecule has 0 bridgehead atoms. The van der Waals surface area contributed by atoms with E-state index in [-0.39, 0.29) is 0 Å². The van der Waals surface area contributed by atoms with Crippen molar-refractivity contribution in [3.8, 4) is 0 Å². The summed E-state index contributed by atoms with van der Waals surface area (Å²) in [4.78, 5) is 8.58. The van der Waals surface area contributed by atoms with E-state index in [2.05, 4.69) is 31.2 Å². The van der Waals surface area contributed by atoms with E-state index in [0.717, 1.165) is 21.5 Å². The van der Waals surface area contributed by atoms with Gasteiger partial charge in [-0.05, 0) is 48.0 Å². The van der Waals surface area contributed by atoms with Crippen LogP contribution in [-0.4, -0.2) is 9.97 Å². The van der Waals surface area contributed by atoms with Crippen LogP contribution in [0.5, 0.6) is 0 Å². The van der Waals surface area contributed by atoms with E-state index in [1.54, 1.807) is 6.07 Å². The predicted molar refractivity (Wildman–Crippen MR) is 79.0 cm³/mol. The number of aromatic nitrogens is 2. The molecule has 2 aromatic rings. The van der Waals surface area contributed by atoms with Gasteiger partial charge in [-0.3, -0.25) is 0 Å². The summed E-state index contributed by atoms with van der Waals surface area (Å²) < 4.78 is 0.807. The van der Waals surface area contributed by atoms with E-state index in [0.29, 0.717) is 16.0 Å². The van der Waals surface area contributed by atoms with Gasteiger partial charge in [0.1, 0.15) is 0 Å². The van der Waals surface area contributed by atoms with Crippen molar-refractivity contribution in [2.24, 2.45) is 0 Å².